The summed E-state index contributed by atoms with van der Waals surface area (Å²) in [7, 11) is 2.92. The monoisotopic (exact) mass is 464 g/mol. The van der Waals surface area contributed by atoms with E-state index in [0.717, 1.165) is 38.3 Å². The number of amides is 2. The van der Waals surface area contributed by atoms with Gasteiger partial charge in [-0.2, -0.15) is 13.2 Å². The largest absolute Gasteiger partial charge is 0.412 e. The van der Waals surface area contributed by atoms with Gasteiger partial charge in [0, 0.05) is 51.0 Å². The van der Waals surface area contributed by atoms with Crippen LogP contribution in [-0.4, -0.2) is 46.5 Å². The van der Waals surface area contributed by atoms with Crippen LogP contribution in [0.1, 0.15) is 64.4 Å². The highest BCUT2D eigenvalue weighted by molar-refractivity contribution is 5.99. The minimum absolute atomic E-state index is 0.256. The summed E-state index contributed by atoms with van der Waals surface area (Å²) in [5.74, 6) is -1.51. The maximum Gasteiger partial charge on any atom is 0.412 e. The van der Waals surface area contributed by atoms with Crippen molar-refractivity contribution in [2.45, 2.75) is 50.9 Å². The smallest absolute Gasteiger partial charge is 0.352 e. The predicted molar refractivity (Wildman–Crippen MR) is 116 cm³/mol. The van der Waals surface area contributed by atoms with Crippen LogP contribution in [-0.2, 0) is 6.54 Å². The number of hydrogen-bond donors (Lipinski definition) is 1. The average molecular weight is 464 g/mol. The first kappa shape index (κ1) is 24.5. The number of hydrogen-bond acceptors (Lipinski definition) is 4. The van der Waals surface area contributed by atoms with E-state index in [9.17, 15) is 27.6 Å². The maximum absolute atomic E-state index is 13.7. The van der Waals surface area contributed by atoms with E-state index >= 15 is 0 Å². The molecule has 1 fully saturated rings. The van der Waals surface area contributed by atoms with Crippen molar-refractivity contribution in [2.24, 2.45) is 5.92 Å². The molecule has 33 heavy (non-hydrogen) atoms. The van der Waals surface area contributed by atoms with Crippen LogP contribution in [0.5, 0.6) is 0 Å². The Morgan fingerprint density at radius 3 is 2.42 bits per heavy atom. The Morgan fingerprint density at radius 2 is 1.85 bits per heavy atom. The van der Waals surface area contributed by atoms with E-state index in [4.69, 9.17) is 0 Å². The molecule has 0 saturated heterocycles. The number of nitrogens with zero attached hydrogens (tertiary/aromatic N) is 3. The highest BCUT2D eigenvalue weighted by atomic mass is 19.4. The van der Waals surface area contributed by atoms with Gasteiger partial charge >= 0.3 is 6.18 Å². The van der Waals surface area contributed by atoms with Crippen molar-refractivity contribution < 1.29 is 22.8 Å². The maximum atomic E-state index is 13.7. The van der Waals surface area contributed by atoms with Crippen molar-refractivity contribution in [1.82, 2.24) is 19.8 Å². The van der Waals surface area contributed by atoms with E-state index < -0.39 is 35.0 Å². The summed E-state index contributed by atoms with van der Waals surface area (Å²) in [4.78, 5) is 43.3. The number of pyridine rings is 2. The van der Waals surface area contributed by atoms with E-state index in [1.54, 1.807) is 4.57 Å². The second kappa shape index (κ2) is 10.2. The van der Waals surface area contributed by atoms with Crippen molar-refractivity contribution in [3.63, 3.8) is 0 Å². The van der Waals surface area contributed by atoms with Gasteiger partial charge in [-0.3, -0.25) is 19.4 Å². The van der Waals surface area contributed by atoms with Gasteiger partial charge in [-0.05, 0) is 24.8 Å². The number of carbonyl (C=O) groups is 2. The highest BCUT2D eigenvalue weighted by Gasteiger charge is 2.42. The molecule has 1 aliphatic rings. The first-order valence-electron chi connectivity index (χ1n) is 10.8. The predicted octanol–water partition coefficient (Wildman–Crippen LogP) is 3.56. The van der Waals surface area contributed by atoms with Gasteiger partial charge in [0.15, 0.2) is 6.04 Å². The number of nitrogens with one attached hydrogen (secondary N) is 1. The van der Waals surface area contributed by atoms with Crippen molar-refractivity contribution in [3.05, 3.63) is 63.8 Å². The number of halogens is 3. The van der Waals surface area contributed by atoms with Crippen LogP contribution in [0.4, 0.5) is 13.2 Å². The van der Waals surface area contributed by atoms with Crippen LogP contribution in [0.2, 0.25) is 0 Å². The van der Waals surface area contributed by atoms with E-state index in [1.165, 1.54) is 49.7 Å². The lowest BCUT2D eigenvalue weighted by atomic mass is 9.89. The second-order valence-corrected chi connectivity index (χ2v) is 8.55. The molecule has 7 nitrogen and oxygen atoms in total. The molecule has 178 valence electrons. The lowest BCUT2D eigenvalue weighted by Gasteiger charge is -2.24. The highest BCUT2D eigenvalue weighted by Crippen LogP contribution is 2.32. The Hall–Kier alpha value is -3.17. The minimum Gasteiger partial charge on any atom is -0.352 e. The molecule has 2 aromatic rings. The SMILES string of the molecule is CN(C)C(=O)c1cn(CC2CCCCC2)cc(C(=O)N[C@H](c2cccnc2)C(F)(F)F)c1=O. The Morgan fingerprint density at radius 1 is 1.18 bits per heavy atom. The van der Waals surface area contributed by atoms with Gasteiger partial charge in [-0.25, -0.2) is 0 Å². The zero-order valence-corrected chi connectivity index (χ0v) is 18.6. The molecule has 0 aliphatic heterocycles. The summed E-state index contributed by atoms with van der Waals surface area (Å²) >= 11 is 0. The van der Waals surface area contributed by atoms with Crippen molar-refractivity contribution in [1.29, 1.82) is 0 Å². The van der Waals surface area contributed by atoms with Gasteiger partial charge in [-0.1, -0.05) is 25.3 Å². The molecule has 3 rings (SSSR count). The normalized spacial score (nSPS) is 15.7. The zero-order valence-electron chi connectivity index (χ0n) is 18.6. The quantitative estimate of drug-likeness (QED) is 0.709. The Balaban J connectivity index is 1.99. The molecule has 0 radical (unpaired) electrons. The molecule has 0 aromatic carbocycles. The number of carbonyl (C=O) groups excluding carboxylic acids is 2. The first-order chi connectivity index (χ1) is 15.6. The van der Waals surface area contributed by atoms with Crippen LogP contribution < -0.4 is 10.7 Å². The third-order valence-electron chi connectivity index (χ3n) is 5.77. The molecule has 2 heterocycles. The number of alkyl halides is 3. The summed E-state index contributed by atoms with van der Waals surface area (Å²) in [5, 5.41) is 1.91. The Bertz CT molecular complexity index is 1050. The third kappa shape index (κ3) is 6.00. The third-order valence-corrected chi connectivity index (χ3v) is 5.77. The molecule has 1 aliphatic carbocycles. The molecular formula is C23H27F3N4O3. The van der Waals surface area contributed by atoms with E-state index in [2.05, 4.69) is 4.98 Å². The first-order valence-corrected chi connectivity index (χ1v) is 10.8. The molecule has 10 heteroatoms. The standard InChI is InChI=1S/C23H27F3N4O3/c1-29(2)22(33)18-14-30(12-15-7-4-3-5-8-15)13-17(19(18)31)21(32)28-20(23(24,25)26)16-9-6-10-27-11-16/h6,9-11,13-15,20H,3-5,7-8,12H2,1-2H3,(H,28,32)/t20-/m1/s1. The van der Waals surface area contributed by atoms with Crippen molar-refractivity contribution in [3.8, 4) is 0 Å². The molecular weight excluding hydrogens is 437 g/mol. The Kier molecular flexibility index (Phi) is 7.55. The van der Waals surface area contributed by atoms with E-state index in [0.29, 0.717) is 12.5 Å². The molecule has 1 atom stereocenters. The van der Waals surface area contributed by atoms with E-state index in [1.807, 2.05) is 5.32 Å². The fourth-order valence-corrected chi connectivity index (χ4v) is 4.07. The summed E-state index contributed by atoms with van der Waals surface area (Å²) in [6.45, 7) is 0.472. The fraction of sp³-hybridized carbons (Fsp3) is 0.478. The number of aromatic nitrogens is 2. The molecule has 1 saturated carbocycles. The number of rotatable bonds is 6. The van der Waals surface area contributed by atoms with Crippen LogP contribution in [0.3, 0.4) is 0 Å². The van der Waals surface area contributed by atoms with Gasteiger partial charge in [0.1, 0.15) is 11.1 Å². The van der Waals surface area contributed by atoms with Crippen LogP contribution in [0.15, 0.2) is 41.7 Å². The van der Waals surface area contributed by atoms with Crippen molar-refractivity contribution >= 4 is 11.8 Å². The minimum atomic E-state index is -4.81. The Labute approximate surface area is 189 Å². The molecule has 0 bridgehead atoms. The van der Waals surface area contributed by atoms with Gasteiger partial charge in [0.05, 0.1) is 0 Å². The molecule has 1 N–H and O–H groups in total. The fourth-order valence-electron chi connectivity index (χ4n) is 4.07. The molecule has 2 amide bonds. The van der Waals surface area contributed by atoms with Crippen LogP contribution in [0.25, 0.3) is 0 Å². The van der Waals surface area contributed by atoms with Gasteiger partial charge in [0.25, 0.3) is 11.8 Å². The second-order valence-electron chi connectivity index (χ2n) is 8.55. The van der Waals surface area contributed by atoms with Gasteiger partial charge < -0.3 is 14.8 Å². The van der Waals surface area contributed by atoms with Crippen LogP contribution >= 0.6 is 0 Å². The molecule has 2 aromatic heterocycles. The summed E-state index contributed by atoms with van der Waals surface area (Å²) < 4.78 is 42.7. The molecule has 0 spiro atoms. The van der Waals surface area contributed by atoms with Gasteiger partial charge in [0.2, 0.25) is 5.43 Å². The summed E-state index contributed by atoms with van der Waals surface area (Å²) in [6.07, 6.45) is 5.38. The molecule has 0 unspecified atom stereocenters. The summed E-state index contributed by atoms with van der Waals surface area (Å²) in [6, 6.07) is 0.171. The lowest BCUT2D eigenvalue weighted by Crippen LogP contribution is -2.41. The summed E-state index contributed by atoms with van der Waals surface area (Å²) in [5.41, 5.74) is -1.93. The lowest BCUT2D eigenvalue weighted by molar-refractivity contribution is -0.155. The van der Waals surface area contributed by atoms with Gasteiger partial charge in [-0.15, -0.1) is 0 Å². The average Bonchev–Trinajstić information content (AvgIpc) is 2.78. The van der Waals surface area contributed by atoms with Crippen molar-refractivity contribution in [2.75, 3.05) is 14.1 Å². The zero-order chi connectivity index (χ0) is 24.2. The topological polar surface area (TPSA) is 84.3 Å². The van der Waals surface area contributed by atoms with E-state index in [-0.39, 0.29) is 11.1 Å². The van der Waals surface area contributed by atoms with Crippen LogP contribution in [0, 0.1) is 5.92 Å².